The second-order valence-corrected chi connectivity index (χ2v) is 27.9. The van der Waals surface area contributed by atoms with Gasteiger partial charge in [-0.1, -0.05) is 140 Å². The van der Waals surface area contributed by atoms with Crippen LogP contribution in [0, 0.1) is 41.4 Å². The van der Waals surface area contributed by atoms with Crippen LogP contribution in [0.5, 0.6) is 0 Å². The summed E-state index contributed by atoms with van der Waals surface area (Å²) < 4.78 is 0. The van der Waals surface area contributed by atoms with Gasteiger partial charge in [0, 0.05) is 13.1 Å². The molecule has 1 fully saturated rings. The number of aliphatic imine (C=N–C) groups is 1. The predicted octanol–water partition coefficient (Wildman–Crippen LogP) is -1.39. The van der Waals surface area contributed by atoms with E-state index >= 15 is 0 Å². The second-order valence-electron chi connectivity index (χ2n) is 27.9. The standard InChI is InChI=1S/C68H117N17O14/c1-15-41(13)55(84-62(94)48(30-38(7)8)78-63(95)51-25-21-27-85(51)67(99)49(31-39(9)10)80-58(90)44(69)32-43-22-18-17-19-23-43)64(96)75-33-52(87)76-45(24-20-26-73-68(71)72)60(92)83-54(40(11)12)65(97)79-47(29-37(5)6)61(93)81-50(35-86)59(91)74-34-53(88)82-56(42(14)16-2)66(98)77-46(57(70)89)28-36(3)4/h17-19,22-23,36-42,44-51,54-56,86H,15-16,20-21,24-35,69H2,1-14H3,(H2,70,89)(H,74,91)(H,75,96)(H,76,87)(H,77,98)(H,78,95)(H,79,97)(H,80,90)(H,81,93)(H,82,88)(H,83,92)(H,84,94)(H4,71,72,73). The number of benzene rings is 1. The molecule has 1 aromatic rings. The van der Waals surface area contributed by atoms with Crippen molar-refractivity contribution in [3.63, 3.8) is 0 Å². The van der Waals surface area contributed by atoms with E-state index in [9.17, 15) is 67.4 Å². The van der Waals surface area contributed by atoms with Crippen molar-refractivity contribution in [2.45, 2.75) is 234 Å². The van der Waals surface area contributed by atoms with Gasteiger partial charge in [0.25, 0.3) is 0 Å². The third-order valence-corrected chi connectivity index (χ3v) is 17.0. The number of nitrogens with two attached hydrogens (primary N) is 4. The maximum Gasteiger partial charge on any atom is 0.245 e. The van der Waals surface area contributed by atoms with Gasteiger partial charge in [0.15, 0.2) is 5.96 Å². The van der Waals surface area contributed by atoms with E-state index in [1.807, 2.05) is 71.9 Å². The number of carbonyl (C=O) groups is 13. The molecule has 1 saturated heterocycles. The minimum absolute atomic E-state index is 0.00964. The van der Waals surface area contributed by atoms with E-state index in [0.29, 0.717) is 19.3 Å². The molecule has 558 valence electrons. The summed E-state index contributed by atoms with van der Waals surface area (Å²) in [5, 5.41) is 39.1. The van der Waals surface area contributed by atoms with Gasteiger partial charge in [-0.25, -0.2) is 0 Å². The number of hydrogen-bond donors (Lipinski definition) is 16. The van der Waals surface area contributed by atoms with Crippen molar-refractivity contribution >= 4 is 82.8 Å². The van der Waals surface area contributed by atoms with Gasteiger partial charge in [0.05, 0.1) is 25.7 Å². The molecule has 20 N–H and O–H groups in total. The van der Waals surface area contributed by atoms with Crippen molar-refractivity contribution in [3.8, 4) is 0 Å². The van der Waals surface area contributed by atoms with E-state index in [1.165, 1.54) is 4.90 Å². The Morgan fingerprint density at radius 2 is 0.970 bits per heavy atom. The molecule has 31 nitrogen and oxygen atoms in total. The minimum atomic E-state index is -1.63. The Labute approximate surface area is 583 Å². The fourth-order valence-electron chi connectivity index (χ4n) is 11.1. The first-order chi connectivity index (χ1) is 46.4. The van der Waals surface area contributed by atoms with Gasteiger partial charge in [0.2, 0.25) is 76.8 Å². The summed E-state index contributed by atoms with van der Waals surface area (Å²) in [7, 11) is 0. The molecule has 0 aliphatic carbocycles. The Kier molecular flexibility index (Phi) is 38.3. The van der Waals surface area contributed by atoms with E-state index in [2.05, 4.69) is 63.5 Å². The number of carbonyl (C=O) groups excluding carboxylic acids is 13. The summed E-state index contributed by atoms with van der Waals surface area (Å²) >= 11 is 0. The highest BCUT2D eigenvalue weighted by molar-refractivity contribution is 5.99. The van der Waals surface area contributed by atoms with Gasteiger partial charge >= 0.3 is 0 Å². The maximum atomic E-state index is 14.3. The Morgan fingerprint density at radius 3 is 1.49 bits per heavy atom. The van der Waals surface area contributed by atoms with Crippen LogP contribution < -0.4 is 81.4 Å². The summed E-state index contributed by atoms with van der Waals surface area (Å²) in [6.45, 7) is 22.9. The third kappa shape index (κ3) is 31.1. The van der Waals surface area contributed by atoms with E-state index in [-0.39, 0.29) is 94.1 Å². The van der Waals surface area contributed by atoms with Crippen LogP contribution in [0.25, 0.3) is 0 Å². The average Bonchev–Trinajstić information content (AvgIpc) is 1.77. The van der Waals surface area contributed by atoms with Crippen molar-refractivity contribution in [2.24, 2.45) is 69.4 Å². The van der Waals surface area contributed by atoms with Crippen LogP contribution in [0.3, 0.4) is 0 Å². The number of primary amides is 1. The molecule has 1 aromatic carbocycles. The molecule has 1 aliphatic heterocycles. The number of aliphatic hydroxyl groups is 1. The van der Waals surface area contributed by atoms with Gasteiger partial charge < -0.3 is 91.4 Å². The summed E-state index contributed by atoms with van der Waals surface area (Å²) in [5.41, 5.74) is 23.8. The number of amides is 13. The van der Waals surface area contributed by atoms with Crippen LogP contribution in [0.2, 0.25) is 0 Å². The highest BCUT2D eigenvalue weighted by atomic mass is 16.3. The number of nitrogens with one attached hydrogen (secondary N) is 11. The molecule has 2 rings (SSSR count). The van der Waals surface area contributed by atoms with Crippen LogP contribution in [-0.2, 0) is 68.7 Å². The van der Waals surface area contributed by atoms with Crippen LogP contribution in [0.1, 0.15) is 167 Å². The smallest absolute Gasteiger partial charge is 0.245 e. The molecular weight excluding hydrogens is 1280 g/mol. The zero-order valence-corrected chi connectivity index (χ0v) is 60.6. The average molecular weight is 1400 g/mol. The molecule has 1 heterocycles. The van der Waals surface area contributed by atoms with Crippen LogP contribution >= 0.6 is 0 Å². The van der Waals surface area contributed by atoms with Crippen molar-refractivity contribution < 1.29 is 67.4 Å². The predicted molar refractivity (Wildman–Crippen MR) is 374 cm³/mol. The highest BCUT2D eigenvalue weighted by Crippen LogP contribution is 2.22. The number of guanidine groups is 1. The highest BCUT2D eigenvalue weighted by Gasteiger charge is 2.41. The first kappa shape index (κ1) is 86.6. The van der Waals surface area contributed by atoms with E-state index in [1.54, 1.807) is 55.4 Å². The summed E-state index contributed by atoms with van der Waals surface area (Å²) in [4.78, 5) is 184. The molecule has 0 spiro atoms. The van der Waals surface area contributed by atoms with Gasteiger partial charge in [0.1, 0.15) is 60.4 Å². The molecule has 0 radical (unpaired) electrons. The molecule has 31 heteroatoms. The van der Waals surface area contributed by atoms with Crippen molar-refractivity contribution in [2.75, 3.05) is 32.8 Å². The van der Waals surface area contributed by atoms with Gasteiger partial charge in [-0.3, -0.25) is 67.3 Å². The van der Waals surface area contributed by atoms with E-state index in [4.69, 9.17) is 22.9 Å². The SMILES string of the molecule is CCC(C)C(NC(=O)CNC(=O)C(CO)NC(=O)C(CC(C)C)NC(=O)C(NC(=O)C(CCCN=C(N)N)NC(=O)CNC(=O)C(NC(=O)C(CC(C)C)NC(=O)C1CCCN1C(=O)C(CC(C)C)NC(=O)C(N)Cc1ccccc1)C(C)CC)C(C)C)C(=O)NC(CC(C)C)C(N)=O. The van der Waals surface area contributed by atoms with Crippen LogP contribution in [0.15, 0.2) is 35.3 Å². The lowest BCUT2D eigenvalue weighted by atomic mass is 9.96. The van der Waals surface area contributed by atoms with Crippen molar-refractivity contribution in [1.29, 1.82) is 0 Å². The first-order valence-electron chi connectivity index (χ1n) is 34.8. The van der Waals surface area contributed by atoms with Gasteiger partial charge in [-0.05, 0) is 105 Å². The molecule has 99 heavy (non-hydrogen) atoms. The van der Waals surface area contributed by atoms with Gasteiger partial charge in [-0.15, -0.1) is 0 Å². The number of hydrogen-bond acceptors (Lipinski definition) is 16. The molecule has 13 unspecified atom stereocenters. The molecule has 13 atom stereocenters. The van der Waals surface area contributed by atoms with Crippen LogP contribution in [0.4, 0.5) is 0 Å². The first-order valence-corrected chi connectivity index (χ1v) is 34.8. The zero-order valence-electron chi connectivity index (χ0n) is 60.6. The van der Waals surface area contributed by atoms with Crippen molar-refractivity contribution in [1.82, 2.24) is 63.4 Å². The summed E-state index contributed by atoms with van der Waals surface area (Å²) in [6.07, 6.45) is 2.60. The molecule has 0 aromatic heterocycles. The molecule has 0 bridgehead atoms. The number of rotatable bonds is 44. The zero-order chi connectivity index (χ0) is 75.0. The second kappa shape index (κ2) is 43.8. The fourth-order valence-corrected chi connectivity index (χ4v) is 11.1. The summed E-state index contributed by atoms with van der Waals surface area (Å²) in [6, 6.07) is -3.85. The lowest BCUT2D eigenvalue weighted by molar-refractivity contribution is -0.142. The number of aliphatic hydroxyl groups excluding tert-OH is 1. The van der Waals surface area contributed by atoms with E-state index < -0.39 is 181 Å². The minimum Gasteiger partial charge on any atom is -0.394 e. The number of nitrogens with zero attached hydrogens (tertiary/aromatic N) is 2. The fraction of sp³-hybridized carbons (Fsp3) is 0.706. The van der Waals surface area contributed by atoms with Gasteiger partial charge in [-0.2, -0.15) is 0 Å². The third-order valence-electron chi connectivity index (χ3n) is 17.0. The maximum absolute atomic E-state index is 14.3. The Hall–Kier alpha value is -8.48. The Bertz CT molecular complexity index is 2870. The Balaban J connectivity index is 2.26. The van der Waals surface area contributed by atoms with Crippen molar-refractivity contribution in [3.05, 3.63) is 35.9 Å². The summed E-state index contributed by atoms with van der Waals surface area (Å²) in [5.74, 6) is -11.8. The molecular formula is C68H117N17O14. The monoisotopic (exact) mass is 1400 g/mol. The lowest BCUT2D eigenvalue weighted by Gasteiger charge is -2.31. The van der Waals surface area contributed by atoms with Crippen LogP contribution in [-0.4, -0.2) is 192 Å². The molecule has 0 saturated carbocycles. The lowest BCUT2D eigenvalue weighted by Crippen LogP contribution is -2.60. The quantitative estimate of drug-likeness (QED) is 0.0203. The molecule has 13 amide bonds. The topological polar surface area (TPSA) is 494 Å². The number of likely N-dealkylation sites (tertiary alicyclic amines) is 1. The Morgan fingerprint density at radius 1 is 0.515 bits per heavy atom. The normalized spacial score (nSPS) is 16.6. The molecule has 1 aliphatic rings. The van der Waals surface area contributed by atoms with E-state index in [0.717, 1.165) is 5.56 Å². The largest absolute Gasteiger partial charge is 0.394 e.